The number of rotatable bonds is 5. The van der Waals surface area contributed by atoms with Crippen LogP contribution in [0.3, 0.4) is 0 Å². The molecule has 0 atom stereocenters. The summed E-state index contributed by atoms with van der Waals surface area (Å²) in [5.41, 5.74) is 0.986. The molecule has 0 radical (unpaired) electrons. The summed E-state index contributed by atoms with van der Waals surface area (Å²) in [5, 5.41) is 7.89. The zero-order valence-corrected chi connectivity index (χ0v) is 31.8. The predicted molar refractivity (Wildman–Crippen MR) is 180 cm³/mol. The molecule has 15 heteroatoms. The normalized spacial score (nSPS) is 20.3. The van der Waals surface area contributed by atoms with Gasteiger partial charge in [0.2, 0.25) is 0 Å². The minimum atomic E-state index is -3.41. The second-order valence-electron chi connectivity index (χ2n) is 13.8. The van der Waals surface area contributed by atoms with Gasteiger partial charge in [0.05, 0.1) is 12.4 Å². The molecule has 4 heterocycles. The maximum absolute atomic E-state index is 11.7. The number of nitrogens with one attached hydrogen (secondary N) is 3. The first-order chi connectivity index (χ1) is 21.9. The van der Waals surface area contributed by atoms with E-state index in [1.54, 1.807) is 27.0 Å². The van der Waals surface area contributed by atoms with E-state index in [1.807, 2.05) is 57.4 Å². The maximum atomic E-state index is 11.7. The Hall–Kier alpha value is -3.17. The van der Waals surface area contributed by atoms with Crippen LogP contribution in [0.2, 0.25) is 0 Å². The maximum Gasteiger partial charge on any atom is 1.00 e. The molecule has 0 bridgehead atoms. The van der Waals surface area contributed by atoms with Crippen molar-refractivity contribution in [3.63, 3.8) is 0 Å². The molecule has 2 aliphatic rings. The van der Waals surface area contributed by atoms with Crippen LogP contribution in [0, 0.1) is 0 Å². The van der Waals surface area contributed by atoms with Crippen molar-refractivity contribution in [2.45, 2.75) is 103 Å². The molecule has 2 aliphatic carbocycles. The number of aromatic nitrogens is 4. The van der Waals surface area contributed by atoms with Gasteiger partial charge in [-0.3, -0.25) is 4.18 Å². The van der Waals surface area contributed by atoms with E-state index in [1.165, 1.54) is 0 Å². The van der Waals surface area contributed by atoms with Crippen molar-refractivity contribution < 1.29 is 62.6 Å². The number of nitrogens with zero attached hydrogens (tertiary/aromatic N) is 3. The summed E-state index contributed by atoms with van der Waals surface area (Å²) in [5.74, 6) is 0. The zero-order valence-electron chi connectivity index (χ0n) is 30.0. The van der Waals surface area contributed by atoms with Gasteiger partial charge in [0.15, 0.2) is 0 Å². The summed E-state index contributed by atoms with van der Waals surface area (Å²) >= 11 is 0. The second kappa shape index (κ2) is 16.5. The number of amides is 2. The van der Waals surface area contributed by atoms with Gasteiger partial charge < -0.3 is 31.1 Å². The van der Waals surface area contributed by atoms with Crippen LogP contribution in [0.1, 0.15) is 74.7 Å². The van der Waals surface area contributed by atoms with Crippen LogP contribution in [0.15, 0.2) is 61.2 Å². The van der Waals surface area contributed by atoms with Crippen molar-refractivity contribution in [2.24, 2.45) is 0 Å². The molecule has 6 rings (SSSR count). The van der Waals surface area contributed by atoms with E-state index in [9.17, 15) is 18.0 Å². The molecule has 0 spiro atoms. The molecule has 4 aromatic rings. The number of aromatic amines is 1. The Morgan fingerprint density at radius 1 is 0.854 bits per heavy atom. The van der Waals surface area contributed by atoms with Gasteiger partial charge in [-0.05, 0) is 104 Å². The number of fused-ring (bicyclic) bond motifs is 2. The Morgan fingerprint density at radius 2 is 1.40 bits per heavy atom. The molecule has 2 amide bonds. The molecular formula is C33H47N6NaO7S. The summed E-state index contributed by atoms with van der Waals surface area (Å²) in [4.78, 5) is 34.6. The van der Waals surface area contributed by atoms with E-state index in [0.29, 0.717) is 18.9 Å². The van der Waals surface area contributed by atoms with E-state index in [-0.39, 0.29) is 55.3 Å². The van der Waals surface area contributed by atoms with E-state index >= 15 is 0 Å². The quantitative estimate of drug-likeness (QED) is 0.210. The Morgan fingerprint density at radius 3 is 1.94 bits per heavy atom. The summed E-state index contributed by atoms with van der Waals surface area (Å²) < 4.78 is 38.9. The second-order valence-corrected chi connectivity index (χ2v) is 15.4. The first-order valence-electron chi connectivity index (χ1n) is 15.6. The summed E-state index contributed by atoms with van der Waals surface area (Å²) in [6, 6.07) is 12.6. The minimum absolute atomic E-state index is 0. The van der Waals surface area contributed by atoms with E-state index in [4.69, 9.17) is 13.7 Å². The van der Waals surface area contributed by atoms with Crippen molar-refractivity contribution >= 4 is 44.4 Å². The van der Waals surface area contributed by atoms with Gasteiger partial charge in [-0.15, -0.1) is 0 Å². The number of hydrogen-bond donors (Lipinski definition) is 3. The molecule has 3 N–H and O–H groups in total. The van der Waals surface area contributed by atoms with Crippen LogP contribution in [0.4, 0.5) is 9.59 Å². The fourth-order valence-corrected chi connectivity index (χ4v) is 5.71. The summed E-state index contributed by atoms with van der Waals surface area (Å²) in [7, 11) is -3.41. The third kappa shape index (κ3) is 12.7. The molecule has 48 heavy (non-hydrogen) atoms. The van der Waals surface area contributed by atoms with Gasteiger partial charge in [-0.25, -0.2) is 19.6 Å². The molecule has 13 nitrogen and oxygen atoms in total. The van der Waals surface area contributed by atoms with Crippen LogP contribution in [0.25, 0.3) is 22.1 Å². The van der Waals surface area contributed by atoms with Crippen LogP contribution in [-0.4, -0.2) is 75.8 Å². The smallest absolute Gasteiger partial charge is 1.00 e. The number of pyridine rings is 2. The third-order valence-electron chi connectivity index (χ3n) is 7.15. The first kappa shape index (κ1) is 39.3. The Bertz CT molecular complexity index is 1730. The molecule has 4 aromatic heterocycles. The van der Waals surface area contributed by atoms with Gasteiger partial charge in [0.1, 0.15) is 22.5 Å². The van der Waals surface area contributed by atoms with Crippen molar-refractivity contribution in [1.29, 1.82) is 0 Å². The summed E-state index contributed by atoms with van der Waals surface area (Å²) in [6.45, 7) is 10.9. The summed E-state index contributed by atoms with van der Waals surface area (Å²) in [6.07, 6.45) is 10.2. The number of hydrogen-bond acceptors (Lipinski definition) is 9. The first-order valence-corrected chi connectivity index (χ1v) is 17.4. The van der Waals surface area contributed by atoms with Crippen molar-refractivity contribution in [3.8, 4) is 0 Å². The van der Waals surface area contributed by atoms with E-state index < -0.39 is 27.4 Å². The number of carbonyl (C=O) groups excluding carboxylic acids is 2. The number of ether oxygens (including phenoxy) is 2. The minimum Gasteiger partial charge on any atom is -1.00 e. The Balaban J connectivity index is 0.000000267. The number of carbonyl (C=O) groups is 2. The van der Waals surface area contributed by atoms with Crippen LogP contribution >= 0.6 is 0 Å². The number of H-pyrrole nitrogens is 1. The third-order valence-corrected chi connectivity index (χ3v) is 7.77. The van der Waals surface area contributed by atoms with Crippen LogP contribution in [-0.2, 0) is 23.8 Å². The van der Waals surface area contributed by atoms with Crippen molar-refractivity contribution in [1.82, 2.24) is 30.2 Å². The largest absolute Gasteiger partial charge is 1.00 e. The molecule has 258 valence electrons. The topological polar surface area (TPSA) is 167 Å². The SMILES string of the molecule is CC(C)(C)OC(=O)NC1CC(OS(C)(=O)=O)C1.CC(C)(C)OC(=O)NC1CC(n2ccc3cccnc32)C1.[H-].[Na+].c1cnc2[nH]ccc2c1. The molecule has 2 fully saturated rings. The molecule has 0 aromatic carbocycles. The van der Waals surface area contributed by atoms with Gasteiger partial charge in [-0.2, -0.15) is 8.42 Å². The molecular weight excluding hydrogens is 647 g/mol. The monoisotopic (exact) mass is 694 g/mol. The average molecular weight is 695 g/mol. The number of alkyl carbamates (subject to hydrolysis) is 2. The standard InChI is InChI=1S/C16H21N3O2.C10H19NO5S.C7H6N2.Na.H/c1-16(2,3)21-15(20)18-12-9-13(10-12)19-8-6-11-5-4-7-17-14(11)19;1-10(2,3)15-9(12)11-7-5-8(6-7)16-17(4,13)14;1-2-6-3-5-9-7(6)8-4-1;;/h4-8,12-13H,9-10H2,1-3H3,(H,18,20);7-8H,5-6H2,1-4H3,(H,11,12);1-5H,(H,8,9);;/q;;;+1;-1. The van der Waals surface area contributed by atoms with Crippen LogP contribution in [0.5, 0.6) is 0 Å². The van der Waals surface area contributed by atoms with Crippen molar-refractivity contribution in [2.75, 3.05) is 6.26 Å². The van der Waals surface area contributed by atoms with Gasteiger partial charge >= 0.3 is 41.7 Å². The molecule has 0 aliphatic heterocycles. The van der Waals surface area contributed by atoms with Gasteiger partial charge in [0.25, 0.3) is 10.1 Å². The average Bonchev–Trinajstić information content (AvgIpc) is 3.55. The fourth-order valence-electron chi connectivity index (χ4n) is 5.05. The molecule has 0 unspecified atom stereocenters. The Labute approximate surface area is 305 Å². The van der Waals surface area contributed by atoms with Crippen LogP contribution < -0.4 is 40.2 Å². The predicted octanol–water partition coefficient (Wildman–Crippen LogP) is 2.96. The van der Waals surface area contributed by atoms with Crippen molar-refractivity contribution in [3.05, 3.63) is 61.2 Å². The Kier molecular flexibility index (Phi) is 13.5. The fraction of sp³-hybridized carbons (Fsp3) is 0.515. The van der Waals surface area contributed by atoms with E-state index in [2.05, 4.69) is 48.5 Å². The van der Waals surface area contributed by atoms with E-state index in [0.717, 1.165) is 41.2 Å². The van der Waals surface area contributed by atoms with Gasteiger partial charge in [0, 0.05) is 53.7 Å². The molecule has 0 saturated heterocycles. The molecule has 2 saturated carbocycles. The van der Waals surface area contributed by atoms with Gasteiger partial charge in [-0.1, -0.05) is 0 Å². The zero-order chi connectivity index (χ0) is 34.4.